The Labute approximate surface area is 197 Å². The van der Waals surface area contributed by atoms with Gasteiger partial charge in [0, 0.05) is 0 Å². The molecule has 0 atom stereocenters. The van der Waals surface area contributed by atoms with E-state index in [1.54, 1.807) is 0 Å². The zero-order valence-electron chi connectivity index (χ0n) is 17.8. The standard InChI is InChI=1S/C23H12F5N5O3/c24-14-6-4-12(5-7-14)16-8-15(31-32-21(16)34)10-33-11-30-20(23(26,27)28)19(22(33)35)36-17-3-1-2-13(9-29)18(17)25/h1-8,11H,10H2,(H,32,34). The summed E-state index contributed by atoms with van der Waals surface area (Å²) < 4.78 is 73.9. The molecule has 1 N–H and O–H groups in total. The molecule has 182 valence electrons. The van der Waals surface area contributed by atoms with Crippen molar-refractivity contribution in [3.8, 4) is 28.7 Å². The van der Waals surface area contributed by atoms with Gasteiger partial charge in [-0.05, 0) is 35.9 Å². The minimum atomic E-state index is -5.12. The van der Waals surface area contributed by atoms with Crippen LogP contribution in [0.15, 0.2) is 64.4 Å². The van der Waals surface area contributed by atoms with Crippen molar-refractivity contribution in [3.63, 3.8) is 0 Å². The fourth-order valence-corrected chi connectivity index (χ4v) is 3.21. The molecular weight excluding hydrogens is 489 g/mol. The summed E-state index contributed by atoms with van der Waals surface area (Å²) in [5.41, 5.74) is -3.71. The predicted molar refractivity (Wildman–Crippen MR) is 114 cm³/mol. The summed E-state index contributed by atoms with van der Waals surface area (Å²) in [4.78, 5) is 28.4. The van der Waals surface area contributed by atoms with E-state index in [-0.39, 0.29) is 11.3 Å². The first-order chi connectivity index (χ1) is 17.1. The van der Waals surface area contributed by atoms with Crippen LogP contribution in [0.1, 0.15) is 17.0 Å². The Kier molecular flexibility index (Phi) is 6.35. The van der Waals surface area contributed by atoms with Gasteiger partial charge in [0.25, 0.3) is 11.1 Å². The molecule has 0 saturated heterocycles. The Morgan fingerprint density at radius 1 is 1.08 bits per heavy atom. The topological polar surface area (TPSA) is 114 Å². The maximum absolute atomic E-state index is 14.4. The van der Waals surface area contributed by atoms with Gasteiger partial charge in [-0.1, -0.05) is 18.2 Å². The number of hydrogen-bond donors (Lipinski definition) is 1. The molecule has 4 rings (SSSR count). The number of aromatic nitrogens is 4. The third-order valence-electron chi connectivity index (χ3n) is 4.90. The van der Waals surface area contributed by atoms with E-state index in [0.29, 0.717) is 16.5 Å². The number of rotatable bonds is 5. The first-order valence-electron chi connectivity index (χ1n) is 9.96. The quantitative estimate of drug-likeness (QED) is 0.414. The van der Waals surface area contributed by atoms with Crippen LogP contribution in [0.4, 0.5) is 22.0 Å². The molecule has 2 aromatic heterocycles. The third kappa shape index (κ3) is 4.83. The second kappa shape index (κ2) is 9.41. The monoisotopic (exact) mass is 501 g/mol. The molecular formula is C23H12F5N5O3. The van der Waals surface area contributed by atoms with Gasteiger partial charge in [-0.3, -0.25) is 14.2 Å². The first-order valence-corrected chi connectivity index (χ1v) is 9.96. The lowest BCUT2D eigenvalue weighted by molar-refractivity contribution is -0.142. The summed E-state index contributed by atoms with van der Waals surface area (Å²) in [7, 11) is 0. The summed E-state index contributed by atoms with van der Waals surface area (Å²) in [5.74, 6) is -3.88. The van der Waals surface area contributed by atoms with Gasteiger partial charge in [-0.15, -0.1) is 0 Å². The zero-order chi connectivity index (χ0) is 26.0. The van der Waals surface area contributed by atoms with Crippen molar-refractivity contribution >= 4 is 0 Å². The maximum Gasteiger partial charge on any atom is 0.437 e. The molecule has 2 heterocycles. The van der Waals surface area contributed by atoms with E-state index in [0.717, 1.165) is 24.3 Å². The highest BCUT2D eigenvalue weighted by Crippen LogP contribution is 2.35. The van der Waals surface area contributed by atoms with Crippen LogP contribution in [0, 0.1) is 23.0 Å². The molecule has 0 aliphatic carbocycles. The molecule has 0 bridgehead atoms. The van der Waals surface area contributed by atoms with Crippen molar-refractivity contribution in [2.24, 2.45) is 0 Å². The lowest BCUT2D eigenvalue weighted by atomic mass is 10.1. The molecule has 2 aromatic carbocycles. The van der Waals surface area contributed by atoms with Crippen molar-refractivity contribution < 1.29 is 26.7 Å². The maximum atomic E-state index is 14.4. The molecule has 36 heavy (non-hydrogen) atoms. The van der Waals surface area contributed by atoms with E-state index in [1.165, 1.54) is 30.3 Å². The van der Waals surface area contributed by atoms with E-state index in [1.807, 2.05) is 0 Å². The zero-order valence-corrected chi connectivity index (χ0v) is 17.8. The van der Waals surface area contributed by atoms with Crippen LogP contribution in [0.5, 0.6) is 11.5 Å². The number of alkyl halides is 3. The number of halogens is 5. The average molecular weight is 501 g/mol. The second-order valence-electron chi connectivity index (χ2n) is 7.29. The van der Waals surface area contributed by atoms with E-state index in [9.17, 15) is 31.5 Å². The van der Waals surface area contributed by atoms with Gasteiger partial charge < -0.3 is 4.74 Å². The Balaban J connectivity index is 1.77. The SMILES string of the molecule is N#Cc1cccc(Oc2c(C(F)(F)F)ncn(Cc3cc(-c4ccc(F)cc4)c(=O)[nH]n3)c2=O)c1F. The van der Waals surface area contributed by atoms with Crippen molar-refractivity contribution in [2.75, 3.05) is 0 Å². The summed E-state index contributed by atoms with van der Waals surface area (Å²) in [6.07, 6.45) is -4.52. The Morgan fingerprint density at radius 3 is 2.47 bits per heavy atom. The fraction of sp³-hybridized carbons (Fsp3) is 0.0870. The minimum Gasteiger partial charge on any atom is -0.446 e. The molecule has 0 saturated carbocycles. The fourth-order valence-electron chi connectivity index (χ4n) is 3.21. The molecule has 4 aromatic rings. The number of H-pyrrole nitrogens is 1. The van der Waals surface area contributed by atoms with E-state index >= 15 is 0 Å². The number of nitriles is 1. The van der Waals surface area contributed by atoms with E-state index < -0.39 is 58.2 Å². The van der Waals surface area contributed by atoms with Crippen LogP contribution in [0.25, 0.3) is 11.1 Å². The van der Waals surface area contributed by atoms with Crippen LogP contribution >= 0.6 is 0 Å². The van der Waals surface area contributed by atoms with Gasteiger partial charge in [-0.2, -0.15) is 23.5 Å². The smallest absolute Gasteiger partial charge is 0.437 e. The van der Waals surface area contributed by atoms with Gasteiger partial charge in [-0.25, -0.2) is 18.9 Å². The van der Waals surface area contributed by atoms with Crippen molar-refractivity contribution in [1.82, 2.24) is 19.7 Å². The van der Waals surface area contributed by atoms with Crippen LogP contribution in [-0.4, -0.2) is 19.7 Å². The number of benzene rings is 2. The molecule has 0 spiro atoms. The lowest BCUT2D eigenvalue weighted by Gasteiger charge is -2.15. The Hall–Kier alpha value is -4.86. The van der Waals surface area contributed by atoms with Crippen molar-refractivity contribution in [2.45, 2.75) is 12.7 Å². The number of hydrogen-bond acceptors (Lipinski definition) is 6. The molecule has 0 radical (unpaired) electrons. The lowest BCUT2D eigenvalue weighted by Crippen LogP contribution is -2.27. The largest absolute Gasteiger partial charge is 0.446 e. The highest BCUT2D eigenvalue weighted by molar-refractivity contribution is 5.62. The summed E-state index contributed by atoms with van der Waals surface area (Å²) in [6.45, 7) is -0.452. The molecule has 0 unspecified atom stereocenters. The van der Waals surface area contributed by atoms with Crippen molar-refractivity contribution in [1.29, 1.82) is 5.26 Å². The van der Waals surface area contributed by atoms with Crippen LogP contribution in [-0.2, 0) is 12.7 Å². The van der Waals surface area contributed by atoms with Gasteiger partial charge in [0.2, 0.25) is 5.75 Å². The third-order valence-corrected chi connectivity index (χ3v) is 4.90. The average Bonchev–Trinajstić information content (AvgIpc) is 2.84. The highest BCUT2D eigenvalue weighted by atomic mass is 19.4. The van der Waals surface area contributed by atoms with Gasteiger partial charge in [0.15, 0.2) is 17.3 Å². The Bertz CT molecular complexity index is 1610. The number of nitrogens with one attached hydrogen (secondary N) is 1. The summed E-state index contributed by atoms with van der Waals surface area (Å²) in [6, 6.07) is 10.9. The molecule has 0 fully saturated rings. The second-order valence-corrected chi connectivity index (χ2v) is 7.29. The molecule has 0 aliphatic heterocycles. The molecule has 13 heteroatoms. The van der Waals surface area contributed by atoms with Gasteiger partial charge in [0.05, 0.1) is 29.7 Å². The van der Waals surface area contributed by atoms with Crippen LogP contribution in [0.3, 0.4) is 0 Å². The summed E-state index contributed by atoms with van der Waals surface area (Å²) in [5, 5.41) is 14.9. The number of nitrogens with zero attached hydrogens (tertiary/aromatic N) is 4. The first kappa shape index (κ1) is 24.3. The van der Waals surface area contributed by atoms with Crippen molar-refractivity contribution in [3.05, 3.63) is 104 Å². The molecule has 0 amide bonds. The number of aromatic amines is 1. The Morgan fingerprint density at radius 2 is 1.81 bits per heavy atom. The number of ether oxygens (including phenoxy) is 1. The van der Waals surface area contributed by atoms with Crippen LogP contribution in [0.2, 0.25) is 0 Å². The molecule has 8 nitrogen and oxygen atoms in total. The minimum absolute atomic E-state index is 0.0428. The molecule has 0 aliphatic rings. The van der Waals surface area contributed by atoms with Gasteiger partial charge >= 0.3 is 6.18 Å². The summed E-state index contributed by atoms with van der Waals surface area (Å²) >= 11 is 0. The van der Waals surface area contributed by atoms with Crippen LogP contribution < -0.4 is 15.9 Å². The predicted octanol–water partition coefficient (Wildman–Crippen LogP) is 4.00. The van der Waals surface area contributed by atoms with E-state index in [2.05, 4.69) is 15.2 Å². The van der Waals surface area contributed by atoms with Gasteiger partial charge in [0.1, 0.15) is 11.9 Å². The van der Waals surface area contributed by atoms with E-state index in [4.69, 9.17) is 10.00 Å². The highest BCUT2D eigenvalue weighted by Gasteiger charge is 2.39. The normalized spacial score (nSPS) is 11.2.